The SMILES string of the molecule is CC(=O)c1ccc(OCc2ccc(C(O)c3cccc(/C(N)=N/N)c3)cc2)c(Cl)c1O. The maximum atomic E-state index is 11.5. The van der Waals surface area contributed by atoms with Crippen molar-refractivity contribution < 1.29 is 19.7 Å². The lowest BCUT2D eigenvalue weighted by Gasteiger charge is -2.14. The third kappa shape index (κ3) is 4.96. The van der Waals surface area contributed by atoms with Crippen LogP contribution in [0.1, 0.15) is 45.6 Å². The summed E-state index contributed by atoms with van der Waals surface area (Å²) in [4.78, 5) is 11.5. The van der Waals surface area contributed by atoms with Crippen LogP contribution in [0.5, 0.6) is 11.5 Å². The maximum Gasteiger partial charge on any atom is 0.163 e. The second-order valence-electron chi connectivity index (χ2n) is 6.90. The van der Waals surface area contributed by atoms with Crippen LogP contribution in [0.2, 0.25) is 5.02 Å². The molecule has 0 saturated carbocycles. The standard InChI is InChI=1S/C23H22ClN3O4/c1-13(28)18-9-10-19(20(24)22(18)30)31-12-14-5-7-15(8-6-14)21(29)16-3-2-4-17(11-16)23(25)27-26/h2-11,21,29-30H,12,26H2,1H3,(H2,25,27). The first-order valence-corrected chi connectivity index (χ1v) is 9.75. The van der Waals surface area contributed by atoms with Gasteiger partial charge in [0.2, 0.25) is 0 Å². The molecule has 0 fully saturated rings. The second kappa shape index (κ2) is 9.51. The van der Waals surface area contributed by atoms with Crippen molar-refractivity contribution in [1.29, 1.82) is 0 Å². The number of benzene rings is 3. The zero-order valence-corrected chi connectivity index (χ0v) is 17.5. The van der Waals surface area contributed by atoms with Crippen molar-refractivity contribution in [1.82, 2.24) is 0 Å². The highest BCUT2D eigenvalue weighted by Gasteiger charge is 2.15. The van der Waals surface area contributed by atoms with Crippen LogP contribution < -0.4 is 16.3 Å². The molecule has 3 rings (SSSR count). The van der Waals surface area contributed by atoms with E-state index in [-0.39, 0.29) is 40.3 Å². The van der Waals surface area contributed by atoms with Crippen LogP contribution in [0.15, 0.2) is 65.8 Å². The molecule has 0 amide bonds. The highest BCUT2D eigenvalue weighted by atomic mass is 35.5. The molecule has 3 aromatic rings. The topological polar surface area (TPSA) is 131 Å². The average molecular weight is 440 g/mol. The lowest BCUT2D eigenvalue weighted by Crippen LogP contribution is -2.16. The lowest BCUT2D eigenvalue weighted by atomic mass is 9.98. The summed E-state index contributed by atoms with van der Waals surface area (Å²) in [6.45, 7) is 1.53. The monoisotopic (exact) mass is 439 g/mol. The Balaban J connectivity index is 1.71. The van der Waals surface area contributed by atoms with Crippen LogP contribution in [0.4, 0.5) is 0 Å². The molecule has 1 atom stereocenters. The largest absolute Gasteiger partial charge is 0.505 e. The molecule has 160 valence electrons. The molecule has 7 nitrogen and oxygen atoms in total. The molecule has 0 aliphatic rings. The summed E-state index contributed by atoms with van der Waals surface area (Å²) in [6.07, 6.45) is -0.856. The van der Waals surface area contributed by atoms with Crippen molar-refractivity contribution in [3.63, 3.8) is 0 Å². The van der Waals surface area contributed by atoms with Gasteiger partial charge in [0.15, 0.2) is 5.78 Å². The van der Waals surface area contributed by atoms with Gasteiger partial charge in [-0.1, -0.05) is 54.1 Å². The number of hydrogen-bond donors (Lipinski definition) is 4. The van der Waals surface area contributed by atoms with Crippen molar-refractivity contribution in [3.05, 3.63) is 93.5 Å². The number of hydrogen-bond acceptors (Lipinski definition) is 6. The van der Waals surface area contributed by atoms with Crippen LogP contribution >= 0.6 is 11.6 Å². The fraction of sp³-hybridized carbons (Fsp3) is 0.130. The number of hydrazone groups is 1. The molecule has 0 saturated heterocycles. The number of ether oxygens (including phenoxy) is 1. The number of carbonyl (C=O) groups excluding carboxylic acids is 1. The van der Waals surface area contributed by atoms with E-state index in [1.165, 1.54) is 13.0 Å². The van der Waals surface area contributed by atoms with Crippen LogP contribution in [-0.4, -0.2) is 21.8 Å². The molecule has 0 radical (unpaired) electrons. The fourth-order valence-corrected chi connectivity index (χ4v) is 3.25. The number of aliphatic hydroxyl groups is 1. The van der Waals surface area contributed by atoms with E-state index in [0.29, 0.717) is 16.7 Å². The van der Waals surface area contributed by atoms with Gasteiger partial charge in [-0.2, -0.15) is 5.10 Å². The molecule has 3 aromatic carbocycles. The number of amidine groups is 1. The third-order valence-corrected chi connectivity index (χ3v) is 5.15. The van der Waals surface area contributed by atoms with Gasteiger partial charge in [-0.25, -0.2) is 0 Å². The van der Waals surface area contributed by atoms with Crippen molar-refractivity contribution in [2.45, 2.75) is 19.6 Å². The second-order valence-corrected chi connectivity index (χ2v) is 7.28. The maximum absolute atomic E-state index is 11.5. The molecule has 1 unspecified atom stereocenters. The number of phenols is 1. The first-order valence-electron chi connectivity index (χ1n) is 9.37. The van der Waals surface area contributed by atoms with Crippen molar-refractivity contribution in [2.24, 2.45) is 16.7 Å². The Morgan fingerprint density at radius 1 is 1.13 bits per heavy atom. The minimum atomic E-state index is -0.856. The van der Waals surface area contributed by atoms with Gasteiger partial charge in [0.25, 0.3) is 0 Å². The van der Waals surface area contributed by atoms with Crippen LogP contribution in [0.25, 0.3) is 0 Å². The van der Waals surface area contributed by atoms with E-state index in [1.54, 1.807) is 42.5 Å². The normalized spacial score (nSPS) is 12.4. The molecule has 0 heterocycles. The van der Waals surface area contributed by atoms with Crippen LogP contribution in [-0.2, 0) is 6.61 Å². The van der Waals surface area contributed by atoms with Gasteiger partial charge in [0.05, 0.1) is 5.56 Å². The van der Waals surface area contributed by atoms with Gasteiger partial charge < -0.3 is 26.5 Å². The first-order chi connectivity index (χ1) is 14.8. The number of nitrogens with two attached hydrogens (primary N) is 2. The molecular formula is C23H22ClN3O4. The smallest absolute Gasteiger partial charge is 0.163 e. The van der Waals surface area contributed by atoms with E-state index in [1.807, 2.05) is 12.1 Å². The molecule has 0 spiro atoms. The molecular weight excluding hydrogens is 418 g/mol. The molecule has 31 heavy (non-hydrogen) atoms. The number of carbonyl (C=O) groups is 1. The molecule has 0 aliphatic heterocycles. The van der Waals surface area contributed by atoms with Gasteiger partial charge in [0, 0.05) is 5.56 Å². The van der Waals surface area contributed by atoms with Gasteiger partial charge in [0.1, 0.15) is 35.1 Å². The summed E-state index contributed by atoms with van der Waals surface area (Å²) < 4.78 is 5.67. The number of Topliss-reactive ketones (excluding diaryl/α,β-unsaturated/α-hetero) is 1. The molecule has 8 heteroatoms. The number of halogens is 1. The van der Waals surface area contributed by atoms with E-state index < -0.39 is 6.10 Å². The van der Waals surface area contributed by atoms with Crippen LogP contribution in [0, 0.1) is 0 Å². The number of nitrogens with zero attached hydrogens (tertiary/aromatic N) is 1. The predicted molar refractivity (Wildman–Crippen MR) is 119 cm³/mol. The van der Waals surface area contributed by atoms with Crippen molar-refractivity contribution in [2.75, 3.05) is 0 Å². The summed E-state index contributed by atoms with van der Waals surface area (Å²) in [5, 5.41) is 24.2. The number of ketones is 1. The molecule has 6 N–H and O–H groups in total. The number of phenolic OH excluding ortho intramolecular Hbond substituents is 1. The van der Waals surface area contributed by atoms with E-state index in [0.717, 1.165) is 5.56 Å². The summed E-state index contributed by atoms with van der Waals surface area (Å²) in [5.74, 6) is 5.08. The minimum Gasteiger partial charge on any atom is -0.505 e. The van der Waals surface area contributed by atoms with Crippen molar-refractivity contribution >= 4 is 23.2 Å². The molecule has 0 aromatic heterocycles. The Morgan fingerprint density at radius 3 is 2.48 bits per heavy atom. The average Bonchev–Trinajstić information content (AvgIpc) is 2.79. The Hall–Kier alpha value is -3.55. The van der Waals surface area contributed by atoms with Gasteiger partial charge in [-0.05, 0) is 41.8 Å². The van der Waals surface area contributed by atoms with Crippen molar-refractivity contribution in [3.8, 4) is 11.5 Å². The summed E-state index contributed by atoms with van der Waals surface area (Å²) in [6, 6.07) is 17.3. The van der Waals surface area contributed by atoms with Crippen LogP contribution in [0.3, 0.4) is 0 Å². The van der Waals surface area contributed by atoms with E-state index >= 15 is 0 Å². The number of aliphatic hydroxyl groups excluding tert-OH is 1. The van der Waals surface area contributed by atoms with Gasteiger partial charge >= 0.3 is 0 Å². The van der Waals surface area contributed by atoms with Gasteiger partial charge in [-0.3, -0.25) is 4.79 Å². The van der Waals surface area contributed by atoms with E-state index in [4.69, 9.17) is 27.9 Å². The highest BCUT2D eigenvalue weighted by molar-refractivity contribution is 6.34. The molecule has 0 aliphatic carbocycles. The first kappa shape index (κ1) is 22.1. The molecule has 0 bridgehead atoms. The fourth-order valence-electron chi connectivity index (χ4n) is 3.03. The predicted octanol–water partition coefficient (Wildman–Crippen LogP) is 3.49. The quantitative estimate of drug-likeness (QED) is 0.146. The zero-order chi connectivity index (χ0) is 22.5. The van der Waals surface area contributed by atoms with E-state index in [2.05, 4.69) is 5.10 Å². The Labute approximate surface area is 184 Å². The zero-order valence-electron chi connectivity index (χ0n) is 16.7. The summed E-state index contributed by atoms with van der Waals surface area (Å²) in [7, 11) is 0. The summed E-state index contributed by atoms with van der Waals surface area (Å²) in [5.41, 5.74) is 8.67. The Bertz CT molecular complexity index is 1130. The summed E-state index contributed by atoms with van der Waals surface area (Å²) >= 11 is 6.10. The Morgan fingerprint density at radius 2 is 1.84 bits per heavy atom. The van der Waals surface area contributed by atoms with Gasteiger partial charge in [-0.15, -0.1) is 0 Å². The highest BCUT2D eigenvalue weighted by Crippen LogP contribution is 2.36. The Kier molecular flexibility index (Phi) is 6.79. The third-order valence-electron chi connectivity index (χ3n) is 4.79. The minimum absolute atomic E-state index is 0.0140. The lowest BCUT2D eigenvalue weighted by molar-refractivity contribution is 0.101. The number of aromatic hydroxyl groups is 1. The van der Waals surface area contributed by atoms with E-state index in [9.17, 15) is 15.0 Å². The number of rotatable bonds is 7.